The van der Waals surface area contributed by atoms with Gasteiger partial charge in [0.1, 0.15) is 11.4 Å². The second-order valence-electron chi connectivity index (χ2n) is 8.29. The molecule has 0 spiro atoms. The number of Topliss-reactive ketones (excluding diaryl/α,β-unsaturated/α-hetero) is 1. The fourth-order valence-corrected chi connectivity index (χ4v) is 3.73. The molecule has 0 aliphatic heterocycles. The van der Waals surface area contributed by atoms with Gasteiger partial charge in [-0.15, -0.1) is 10.2 Å². The van der Waals surface area contributed by atoms with Crippen molar-refractivity contribution >= 4 is 23.4 Å². The van der Waals surface area contributed by atoms with E-state index in [0.29, 0.717) is 5.89 Å². The summed E-state index contributed by atoms with van der Waals surface area (Å²) in [5, 5.41) is 7.51. The van der Waals surface area contributed by atoms with Gasteiger partial charge in [-0.2, -0.15) is 0 Å². The molecule has 3 rings (SSSR count). The number of rotatable bonds is 5. The van der Waals surface area contributed by atoms with Gasteiger partial charge in [0.15, 0.2) is 5.78 Å². The number of hydrogen-bond donors (Lipinski definition) is 1. The molecule has 3 aromatic rings. The van der Waals surface area contributed by atoms with Crippen molar-refractivity contribution in [3.05, 3.63) is 56.2 Å². The second kappa shape index (κ2) is 8.18. The minimum atomic E-state index is -0.733. The van der Waals surface area contributed by atoms with Crippen molar-refractivity contribution in [2.45, 2.75) is 43.6 Å². The van der Waals surface area contributed by atoms with Crippen LogP contribution in [-0.2, 0) is 19.5 Å². The third-order valence-corrected chi connectivity index (χ3v) is 5.94. The Labute approximate surface area is 183 Å². The van der Waals surface area contributed by atoms with Crippen LogP contribution in [0.4, 0.5) is 5.82 Å². The summed E-state index contributed by atoms with van der Waals surface area (Å²) in [6, 6.07) is 7.84. The van der Waals surface area contributed by atoms with Gasteiger partial charge in [-0.3, -0.25) is 18.7 Å². The average Bonchev–Trinajstić information content (AvgIpc) is 3.18. The third kappa shape index (κ3) is 4.34. The van der Waals surface area contributed by atoms with E-state index in [-0.39, 0.29) is 22.0 Å². The lowest BCUT2D eigenvalue weighted by Gasteiger charge is -2.18. The van der Waals surface area contributed by atoms with Crippen molar-refractivity contribution < 1.29 is 9.21 Å². The van der Waals surface area contributed by atoms with Gasteiger partial charge in [0.25, 0.3) is 10.8 Å². The monoisotopic (exact) mass is 443 g/mol. The fourth-order valence-electron chi connectivity index (χ4n) is 2.99. The van der Waals surface area contributed by atoms with Crippen LogP contribution in [0, 0.1) is 0 Å². The Bertz CT molecular complexity index is 1250. The molecule has 1 unspecified atom stereocenters. The summed E-state index contributed by atoms with van der Waals surface area (Å²) < 4.78 is 7.62. The molecule has 2 heterocycles. The number of hydrogen-bond acceptors (Lipinski definition) is 8. The topological polar surface area (TPSA) is 126 Å². The first-order valence-electron chi connectivity index (χ1n) is 9.62. The van der Waals surface area contributed by atoms with E-state index in [0.717, 1.165) is 26.5 Å². The van der Waals surface area contributed by atoms with Crippen LogP contribution in [0.15, 0.2) is 43.5 Å². The molecule has 31 heavy (non-hydrogen) atoms. The summed E-state index contributed by atoms with van der Waals surface area (Å²) >= 11 is 1.02. The maximum absolute atomic E-state index is 12.9. The summed E-state index contributed by atoms with van der Waals surface area (Å²) in [5.74, 6) is -0.358. The lowest BCUT2D eigenvalue weighted by molar-refractivity contribution is 0.0991. The number of benzene rings is 1. The standard InChI is InChI=1S/C21H25N5O4S/c1-11(15(27)14-16(22)25(5)20(29)26(6)18(14)28)31-19-24-23-17(30-19)12-7-9-13(10-8-12)21(2,3)4/h7-11H,22H2,1-6H3. The summed E-state index contributed by atoms with van der Waals surface area (Å²) in [6.45, 7) is 8.00. The van der Waals surface area contributed by atoms with Gasteiger partial charge in [-0.1, -0.05) is 44.7 Å². The summed E-state index contributed by atoms with van der Waals surface area (Å²) in [5.41, 5.74) is 6.29. The zero-order valence-corrected chi connectivity index (χ0v) is 19.1. The smallest absolute Gasteiger partial charge is 0.332 e. The molecule has 0 saturated heterocycles. The molecular formula is C21H25N5O4S. The Balaban J connectivity index is 1.82. The van der Waals surface area contributed by atoms with Crippen molar-refractivity contribution in [3.8, 4) is 11.5 Å². The van der Waals surface area contributed by atoms with Gasteiger partial charge < -0.3 is 10.2 Å². The van der Waals surface area contributed by atoms with E-state index in [2.05, 4.69) is 31.0 Å². The number of carbonyl (C=O) groups excluding carboxylic acids is 1. The summed E-state index contributed by atoms with van der Waals surface area (Å²) in [6.07, 6.45) is 0. The minimum Gasteiger partial charge on any atom is -0.411 e. The highest BCUT2D eigenvalue weighted by atomic mass is 32.2. The Morgan fingerprint density at radius 1 is 1.10 bits per heavy atom. The highest BCUT2D eigenvalue weighted by Gasteiger charge is 2.27. The van der Waals surface area contributed by atoms with Crippen molar-refractivity contribution in [1.29, 1.82) is 0 Å². The number of thioether (sulfide) groups is 1. The van der Waals surface area contributed by atoms with Crippen LogP contribution in [-0.4, -0.2) is 30.4 Å². The molecule has 164 valence electrons. The largest absolute Gasteiger partial charge is 0.411 e. The Kier molecular flexibility index (Phi) is 5.95. The molecule has 1 atom stereocenters. The van der Waals surface area contributed by atoms with E-state index in [1.165, 1.54) is 19.7 Å². The zero-order valence-electron chi connectivity index (χ0n) is 18.3. The second-order valence-corrected chi connectivity index (χ2v) is 9.58. The van der Waals surface area contributed by atoms with Gasteiger partial charge in [0.2, 0.25) is 5.89 Å². The van der Waals surface area contributed by atoms with Crippen LogP contribution in [0.25, 0.3) is 11.5 Å². The molecule has 0 fully saturated rings. The van der Waals surface area contributed by atoms with Crippen LogP contribution in [0.5, 0.6) is 0 Å². The van der Waals surface area contributed by atoms with Crippen LogP contribution in [0.1, 0.15) is 43.6 Å². The molecule has 0 saturated carbocycles. The number of carbonyl (C=O) groups is 1. The molecule has 0 amide bonds. The fraction of sp³-hybridized carbons (Fsp3) is 0.381. The van der Waals surface area contributed by atoms with Crippen LogP contribution in [0.2, 0.25) is 0 Å². The average molecular weight is 444 g/mol. The van der Waals surface area contributed by atoms with Crippen molar-refractivity contribution in [2.24, 2.45) is 14.1 Å². The van der Waals surface area contributed by atoms with Gasteiger partial charge in [0, 0.05) is 19.7 Å². The minimum absolute atomic E-state index is 0.0318. The number of nitrogens with zero attached hydrogens (tertiary/aromatic N) is 4. The predicted octanol–water partition coefficient (Wildman–Crippen LogP) is 2.38. The SMILES string of the molecule is CC(Sc1nnc(-c2ccc(C(C)(C)C)cc2)o1)C(=O)c1c(N)n(C)c(=O)n(C)c1=O. The molecule has 0 bridgehead atoms. The van der Waals surface area contributed by atoms with Crippen molar-refractivity contribution in [1.82, 2.24) is 19.3 Å². The molecule has 2 aromatic heterocycles. The first-order valence-corrected chi connectivity index (χ1v) is 10.5. The highest BCUT2D eigenvalue weighted by molar-refractivity contribution is 8.00. The van der Waals surface area contributed by atoms with E-state index in [1.54, 1.807) is 6.92 Å². The Morgan fingerprint density at radius 3 is 2.29 bits per heavy atom. The third-order valence-electron chi connectivity index (χ3n) is 5.01. The zero-order chi connectivity index (χ0) is 23.1. The number of anilines is 1. The molecule has 10 heteroatoms. The van der Waals surface area contributed by atoms with Crippen molar-refractivity contribution in [2.75, 3.05) is 5.73 Å². The normalized spacial score (nSPS) is 12.7. The van der Waals surface area contributed by atoms with E-state index in [9.17, 15) is 14.4 Å². The summed E-state index contributed by atoms with van der Waals surface area (Å²) in [4.78, 5) is 37.3. The van der Waals surface area contributed by atoms with Gasteiger partial charge >= 0.3 is 5.69 Å². The number of nitrogens with two attached hydrogens (primary N) is 1. The summed E-state index contributed by atoms with van der Waals surface area (Å²) in [7, 11) is 2.70. The van der Waals surface area contributed by atoms with Crippen molar-refractivity contribution in [3.63, 3.8) is 0 Å². The lowest BCUT2D eigenvalue weighted by Crippen LogP contribution is -2.42. The Hall–Kier alpha value is -3.14. The molecule has 0 aliphatic rings. The van der Waals surface area contributed by atoms with E-state index in [4.69, 9.17) is 10.2 Å². The first kappa shape index (κ1) is 22.5. The van der Waals surface area contributed by atoms with Gasteiger partial charge in [-0.05, 0) is 30.0 Å². The molecule has 9 nitrogen and oxygen atoms in total. The van der Waals surface area contributed by atoms with E-state index in [1.807, 2.05) is 24.3 Å². The Morgan fingerprint density at radius 2 is 1.71 bits per heavy atom. The molecule has 1 aromatic carbocycles. The lowest BCUT2D eigenvalue weighted by atomic mass is 9.87. The highest BCUT2D eigenvalue weighted by Crippen LogP contribution is 2.29. The van der Waals surface area contributed by atoms with Gasteiger partial charge in [-0.25, -0.2) is 4.79 Å². The predicted molar refractivity (Wildman–Crippen MR) is 119 cm³/mol. The van der Waals surface area contributed by atoms with Gasteiger partial charge in [0.05, 0.1) is 5.25 Å². The molecule has 0 aliphatic carbocycles. The number of ketones is 1. The number of nitrogen functional groups attached to an aromatic ring is 1. The maximum Gasteiger partial charge on any atom is 0.332 e. The molecule has 2 N–H and O–H groups in total. The van der Waals surface area contributed by atoms with Crippen LogP contribution < -0.4 is 17.0 Å². The molecule has 0 radical (unpaired) electrons. The van der Waals surface area contributed by atoms with E-state index >= 15 is 0 Å². The molecular weight excluding hydrogens is 418 g/mol. The van der Waals surface area contributed by atoms with E-state index < -0.39 is 22.3 Å². The number of aromatic nitrogens is 4. The van der Waals surface area contributed by atoms with Crippen LogP contribution in [0.3, 0.4) is 0 Å². The van der Waals surface area contributed by atoms with Crippen LogP contribution >= 0.6 is 11.8 Å². The quantitative estimate of drug-likeness (QED) is 0.470. The first-order chi connectivity index (χ1) is 14.4. The maximum atomic E-state index is 12.9.